The molecule has 3 rings (SSSR count). The van der Waals surface area contributed by atoms with Crippen LogP contribution in [0.3, 0.4) is 0 Å². The SMILES string of the molecule is CC[C@]1(c2ccccc2)NC(=O)N(CCOc2cccc(Br)c2)C1=O. The van der Waals surface area contributed by atoms with Gasteiger partial charge in [-0.1, -0.05) is 59.3 Å². The van der Waals surface area contributed by atoms with Gasteiger partial charge < -0.3 is 10.1 Å². The maximum Gasteiger partial charge on any atom is 0.325 e. The van der Waals surface area contributed by atoms with Crippen molar-refractivity contribution >= 4 is 27.9 Å². The molecule has 6 heteroatoms. The van der Waals surface area contributed by atoms with Crippen molar-refractivity contribution in [2.45, 2.75) is 18.9 Å². The van der Waals surface area contributed by atoms with E-state index in [4.69, 9.17) is 4.74 Å². The Morgan fingerprint density at radius 1 is 1.12 bits per heavy atom. The molecule has 0 saturated carbocycles. The Balaban J connectivity index is 1.71. The number of halogens is 1. The zero-order valence-electron chi connectivity index (χ0n) is 13.9. The quantitative estimate of drug-likeness (QED) is 0.749. The summed E-state index contributed by atoms with van der Waals surface area (Å²) in [6.45, 7) is 2.34. The first kappa shape index (κ1) is 17.5. The van der Waals surface area contributed by atoms with E-state index in [0.29, 0.717) is 12.2 Å². The van der Waals surface area contributed by atoms with Gasteiger partial charge in [0.15, 0.2) is 0 Å². The number of imide groups is 1. The third-order valence-electron chi connectivity index (χ3n) is 4.35. The van der Waals surface area contributed by atoms with Crippen LogP contribution < -0.4 is 10.1 Å². The maximum atomic E-state index is 12.9. The lowest BCUT2D eigenvalue weighted by Gasteiger charge is -2.25. The van der Waals surface area contributed by atoms with Crippen molar-refractivity contribution in [3.8, 4) is 5.75 Å². The summed E-state index contributed by atoms with van der Waals surface area (Å²) < 4.78 is 6.56. The van der Waals surface area contributed by atoms with E-state index < -0.39 is 5.54 Å². The Kier molecular flexibility index (Phi) is 5.08. The average molecular weight is 403 g/mol. The molecule has 0 spiro atoms. The van der Waals surface area contributed by atoms with E-state index in [1.54, 1.807) is 0 Å². The van der Waals surface area contributed by atoms with Crippen LogP contribution in [0.5, 0.6) is 5.75 Å². The predicted octanol–water partition coefficient (Wildman–Crippen LogP) is 3.69. The van der Waals surface area contributed by atoms with Crippen molar-refractivity contribution in [3.05, 3.63) is 64.6 Å². The van der Waals surface area contributed by atoms with Crippen LogP contribution in [0.15, 0.2) is 59.1 Å². The fraction of sp³-hybridized carbons (Fsp3) is 0.263. The van der Waals surface area contributed by atoms with Gasteiger partial charge in [0.05, 0.1) is 6.54 Å². The van der Waals surface area contributed by atoms with Gasteiger partial charge in [0.2, 0.25) is 0 Å². The van der Waals surface area contributed by atoms with Crippen LogP contribution >= 0.6 is 15.9 Å². The molecular formula is C19H19BrN2O3. The molecule has 1 N–H and O–H groups in total. The van der Waals surface area contributed by atoms with Crippen LogP contribution in [-0.4, -0.2) is 30.0 Å². The number of benzene rings is 2. The zero-order chi connectivity index (χ0) is 17.9. The molecule has 2 aromatic rings. The Morgan fingerprint density at radius 3 is 2.56 bits per heavy atom. The molecular weight excluding hydrogens is 384 g/mol. The smallest absolute Gasteiger partial charge is 0.325 e. The van der Waals surface area contributed by atoms with E-state index in [0.717, 1.165) is 10.0 Å². The topological polar surface area (TPSA) is 58.6 Å². The van der Waals surface area contributed by atoms with Gasteiger partial charge in [-0.25, -0.2) is 4.79 Å². The Morgan fingerprint density at radius 2 is 1.88 bits per heavy atom. The molecule has 1 fully saturated rings. The summed E-state index contributed by atoms with van der Waals surface area (Å²) in [5, 5.41) is 2.87. The molecule has 130 valence electrons. The summed E-state index contributed by atoms with van der Waals surface area (Å²) in [7, 11) is 0. The molecule has 1 aliphatic rings. The van der Waals surface area contributed by atoms with Crippen molar-refractivity contribution in [1.29, 1.82) is 0 Å². The van der Waals surface area contributed by atoms with Crippen LogP contribution in [0.4, 0.5) is 4.79 Å². The molecule has 0 radical (unpaired) electrons. The highest BCUT2D eigenvalue weighted by atomic mass is 79.9. The van der Waals surface area contributed by atoms with E-state index in [1.807, 2.05) is 61.5 Å². The fourth-order valence-corrected chi connectivity index (χ4v) is 3.38. The van der Waals surface area contributed by atoms with Gasteiger partial charge in [0.25, 0.3) is 5.91 Å². The minimum Gasteiger partial charge on any atom is -0.492 e. The van der Waals surface area contributed by atoms with Crippen LogP contribution in [0.1, 0.15) is 18.9 Å². The number of rotatable bonds is 6. The number of nitrogens with one attached hydrogen (secondary N) is 1. The standard InChI is InChI=1S/C19H19BrN2O3/c1-2-19(14-7-4-3-5-8-14)17(23)22(18(24)21-19)11-12-25-16-10-6-9-15(20)13-16/h3-10,13H,2,11-12H2,1H3,(H,21,24)/t19-/m1/s1. The monoisotopic (exact) mass is 402 g/mol. The largest absolute Gasteiger partial charge is 0.492 e. The number of nitrogens with zero attached hydrogens (tertiary/aromatic N) is 1. The molecule has 0 aromatic heterocycles. The van der Waals surface area contributed by atoms with Crippen LogP contribution in [0, 0.1) is 0 Å². The van der Waals surface area contributed by atoms with Crippen molar-refractivity contribution in [2.75, 3.05) is 13.2 Å². The Hall–Kier alpha value is -2.34. The summed E-state index contributed by atoms with van der Waals surface area (Å²) in [4.78, 5) is 26.5. The van der Waals surface area contributed by atoms with E-state index >= 15 is 0 Å². The van der Waals surface area contributed by atoms with E-state index in [2.05, 4.69) is 21.2 Å². The fourth-order valence-electron chi connectivity index (χ4n) is 3.00. The average Bonchev–Trinajstić information content (AvgIpc) is 2.87. The number of hydrogen-bond donors (Lipinski definition) is 1. The van der Waals surface area contributed by atoms with Crippen molar-refractivity contribution in [3.63, 3.8) is 0 Å². The summed E-state index contributed by atoms with van der Waals surface area (Å²) >= 11 is 3.38. The van der Waals surface area contributed by atoms with Gasteiger partial charge >= 0.3 is 6.03 Å². The highest BCUT2D eigenvalue weighted by Crippen LogP contribution is 2.32. The predicted molar refractivity (Wildman–Crippen MR) is 98.3 cm³/mol. The Bertz CT molecular complexity index is 781. The lowest BCUT2D eigenvalue weighted by Crippen LogP contribution is -2.43. The first-order chi connectivity index (χ1) is 12.1. The summed E-state index contributed by atoms with van der Waals surface area (Å²) in [6.07, 6.45) is 0.491. The van der Waals surface area contributed by atoms with Crippen LogP contribution in [-0.2, 0) is 10.3 Å². The van der Waals surface area contributed by atoms with Gasteiger partial charge in [0, 0.05) is 4.47 Å². The number of hydrogen-bond acceptors (Lipinski definition) is 3. The molecule has 5 nitrogen and oxygen atoms in total. The summed E-state index contributed by atoms with van der Waals surface area (Å²) in [5.41, 5.74) is -0.194. The number of amides is 3. The molecule has 25 heavy (non-hydrogen) atoms. The second kappa shape index (κ2) is 7.27. The molecule has 0 bridgehead atoms. The molecule has 0 aliphatic carbocycles. The number of ether oxygens (including phenoxy) is 1. The number of carbonyl (C=O) groups excluding carboxylic acids is 2. The summed E-state index contributed by atoms with van der Waals surface area (Å²) in [5.74, 6) is 0.454. The Labute approximate surface area is 155 Å². The third-order valence-corrected chi connectivity index (χ3v) is 4.85. The van der Waals surface area contributed by atoms with Crippen molar-refractivity contribution in [1.82, 2.24) is 10.2 Å². The highest BCUT2D eigenvalue weighted by molar-refractivity contribution is 9.10. The lowest BCUT2D eigenvalue weighted by atomic mass is 9.87. The number of urea groups is 1. The second-order valence-electron chi connectivity index (χ2n) is 5.82. The van der Waals surface area contributed by atoms with Crippen molar-refractivity contribution in [2.24, 2.45) is 0 Å². The van der Waals surface area contributed by atoms with E-state index in [1.165, 1.54) is 4.90 Å². The third kappa shape index (κ3) is 3.39. The highest BCUT2D eigenvalue weighted by Gasteiger charge is 2.50. The van der Waals surface area contributed by atoms with Gasteiger partial charge in [-0.3, -0.25) is 9.69 Å². The normalized spacial score (nSPS) is 19.8. The van der Waals surface area contributed by atoms with E-state index in [-0.39, 0.29) is 25.1 Å². The van der Waals surface area contributed by atoms with Crippen LogP contribution in [0.25, 0.3) is 0 Å². The zero-order valence-corrected chi connectivity index (χ0v) is 15.5. The van der Waals surface area contributed by atoms with Gasteiger partial charge in [-0.15, -0.1) is 0 Å². The maximum absolute atomic E-state index is 12.9. The molecule has 1 heterocycles. The lowest BCUT2D eigenvalue weighted by molar-refractivity contribution is -0.132. The number of carbonyl (C=O) groups is 2. The first-order valence-corrected chi connectivity index (χ1v) is 8.94. The molecule has 1 atom stereocenters. The molecule has 0 unspecified atom stereocenters. The minimum absolute atomic E-state index is 0.200. The molecule has 2 aromatic carbocycles. The summed E-state index contributed by atoms with van der Waals surface area (Å²) in [6, 6.07) is 16.4. The van der Waals surface area contributed by atoms with E-state index in [9.17, 15) is 9.59 Å². The molecule has 3 amide bonds. The van der Waals surface area contributed by atoms with Gasteiger partial charge in [-0.05, 0) is 30.2 Å². The molecule has 1 saturated heterocycles. The molecule has 1 aliphatic heterocycles. The minimum atomic E-state index is -0.992. The van der Waals surface area contributed by atoms with Crippen molar-refractivity contribution < 1.29 is 14.3 Å². The second-order valence-corrected chi connectivity index (χ2v) is 6.73. The van der Waals surface area contributed by atoms with Gasteiger partial charge in [-0.2, -0.15) is 0 Å². The van der Waals surface area contributed by atoms with Gasteiger partial charge in [0.1, 0.15) is 17.9 Å². The van der Waals surface area contributed by atoms with Crippen LogP contribution in [0.2, 0.25) is 0 Å². The first-order valence-electron chi connectivity index (χ1n) is 8.15.